The predicted octanol–water partition coefficient (Wildman–Crippen LogP) is 13.5. The fourth-order valence-corrected chi connectivity index (χ4v) is 8.85. The van der Waals surface area contributed by atoms with Gasteiger partial charge in [0.15, 0.2) is 93.1 Å². The summed E-state index contributed by atoms with van der Waals surface area (Å²) in [5.74, 6) is -51.3. The summed E-state index contributed by atoms with van der Waals surface area (Å²) in [6.45, 7) is 0. The zero-order valence-electron chi connectivity index (χ0n) is 35.3. The van der Waals surface area contributed by atoms with E-state index in [0.29, 0.717) is 48.6 Å². The van der Waals surface area contributed by atoms with Gasteiger partial charge in [0.1, 0.15) is 6.04 Å². The highest BCUT2D eigenvalue weighted by molar-refractivity contribution is 7.99. The van der Waals surface area contributed by atoms with Crippen molar-refractivity contribution in [2.45, 2.75) is 10.9 Å². The number of aliphatic carboxylic acids is 1. The summed E-state index contributed by atoms with van der Waals surface area (Å²) in [4.78, 5) is 22.3. The standard InChI is InChI=1S/C47H16F19N5O2S/c48-27-23(28(49)36(57)41(62)35(27)56)19-11-1-3-13(68-11)20(24-29(50)37(58)42(63)38(59)30(24)51)15-5-7-17(70-15)22(26-33(54)44(65)46(45(66)34(26)55)74-9-10(67)47(72)73)18-8-6-16(71-18)21(14-4-2-12(19)69-14)25-31(52)39(60)43(64)40(61)32(25)53/h1-8,10,68,71H,9,67H2,(H,72,73). The minimum atomic E-state index is -2.72. The van der Waals surface area contributed by atoms with Crippen LogP contribution in [0.25, 0.3) is 90.9 Å². The average molecular weight is 1080 g/mol. The van der Waals surface area contributed by atoms with E-state index in [4.69, 9.17) is 10.8 Å². The average Bonchev–Trinajstić information content (AvgIpc) is 4.24. The zero-order valence-corrected chi connectivity index (χ0v) is 36.1. The van der Waals surface area contributed by atoms with E-state index in [0.717, 1.165) is 0 Å². The molecule has 0 amide bonds. The molecule has 2 aliphatic rings. The Kier molecular flexibility index (Phi) is 12.7. The number of rotatable bonds is 8. The fraction of sp³-hybridized carbons (Fsp3) is 0.0426. The number of aromatic nitrogens is 4. The number of hydrogen-bond donors (Lipinski definition) is 4. The first-order valence-corrected chi connectivity index (χ1v) is 21.1. The Balaban J connectivity index is 1.55. The second-order valence-electron chi connectivity index (χ2n) is 15.6. The van der Waals surface area contributed by atoms with Crippen LogP contribution in [0.5, 0.6) is 0 Å². The van der Waals surface area contributed by atoms with Gasteiger partial charge in [0.2, 0.25) is 17.5 Å². The molecule has 7 nitrogen and oxygen atoms in total. The maximum atomic E-state index is 16.5. The number of benzene rings is 4. The quantitative estimate of drug-likeness (QED) is 0.0521. The Morgan fingerprint density at radius 3 is 0.838 bits per heavy atom. The van der Waals surface area contributed by atoms with Gasteiger partial charge < -0.3 is 20.8 Å². The van der Waals surface area contributed by atoms with E-state index in [1.165, 1.54) is 0 Å². The number of hydrogen-bond acceptors (Lipinski definition) is 5. The van der Waals surface area contributed by atoms with Crippen molar-refractivity contribution in [3.8, 4) is 44.5 Å². The number of carboxylic acid groups (broad SMARTS) is 1. The molecule has 0 saturated carbocycles. The SMILES string of the molecule is NC(CSc1c(F)c(F)c(-c2c3nc(c(-c4c(F)c(F)c(F)c(F)c4F)c4ccc([nH]4)c(-c4c(F)c(F)c(F)c(F)c4F)c4nc(c(-c5c(F)c(F)c(F)c(F)c5F)c5ccc2[nH]5)C=C4)C=C3)c(F)c1F)C(=O)O. The highest BCUT2D eigenvalue weighted by atomic mass is 32.2. The van der Waals surface area contributed by atoms with Gasteiger partial charge in [-0.15, -0.1) is 11.8 Å². The van der Waals surface area contributed by atoms with Crippen molar-refractivity contribution < 1.29 is 93.3 Å². The third kappa shape index (κ3) is 7.73. The van der Waals surface area contributed by atoms with Crippen LogP contribution in [0.3, 0.4) is 0 Å². The van der Waals surface area contributed by atoms with Crippen molar-refractivity contribution in [1.29, 1.82) is 0 Å². The Hall–Kier alpha value is -8.07. The molecule has 0 fully saturated rings. The molecule has 5 N–H and O–H groups in total. The molecule has 2 aliphatic heterocycles. The van der Waals surface area contributed by atoms with Gasteiger partial charge in [-0.1, -0.05) is 0 Å². The normalized spacial score (nSPS) is 12.6. The van der Waals surface area contributed by atoms with E-state index in [1.54, 1.807) is 0 Å². The van der Waals surface area contributed by atoms with Crippen molar-refractivity contribution in [2.75, 3.05) is 5.75 Å². The van der Waals surface area contributed by atoms with Crippen LogP contribution in [0.15, 0.2) is 29.2 Å². The molecule has 1 atom stereocenters. The lowest BCUT2D eigenvalue weighted by molar-refractivity contribution is -0.137. The van der Waals surface area contributed by atoms with Crippen molar-refractivity contribution >= 4 is 64.1 Å². The highest BCUT2D eigenvalue weighted by Crippen LogP contribution is 2.45. The van der Waals surface area contributed by atoms with Crippen LogP contribution < -0.4 is 5.73 Å². The first-order chi connectivity index (χ1) is 34.9. The maximum absolute atomic E-state index is 16.5. The first kappa shape index (κ1) is 50.9. The number of thioether (sulfide) groups is 1. The first-order valence-electron chi connectivity index (χ1n) is 20.1. The monoisotopic (exact) mass is 1080 g/mol. The van der Waals surface area contributed by atoms with Crippen LogP contribution in [0.1, 0.15) is 22.8 Å². The molecule has 0 saturated heterocycles. The summed E-state index contributed by atoms with van der Waals surface area (Å²) in [6, 6.07) is 0.709. The van der Waals surface area contributed by atoms with Gasteiger partial charge in [-0.05, 0) is 48.6 Å². The van der Waals surface area contributed by atoms with Gasteiger partial charge in [0.25, 0.3) is 0 Å². The van der Waals surface area contributed by atoms with Crippen molar-refractivity contribution in [1.82, 2.24) is 19.9 Å². The molecule has 8 bridgehead atoms. The van der Waals surface area contributed by atoms with E-state index in [2.05, 4.69) is 19.9 Å². The van der Waals surface area contributed by atoms with Crippen molar-refractivity contribution in [2.24, 2.45) is 5.73 Å². The molecular weight excluding hydrogens is 1060 g/mol. The van der Waals surface area contributed by atoms with Gasteiger partial charge in [-0.2, -0.15) is 0 Å². The molecular formula is C47H16F19N5O2S. The van der Waals surface area contributed by atoms with Crippen LogP contribution in [-0.4, -0.2) is 42.8 Å². The molecule has 9 rings (SSSR count). The molecule has 27 heteroatoms. The minimum Gasteiger partial charge on any atom is -0.480 e. The Bertz CT molecular complexity index is 3750. The van der Waals surface area contributed by atoms with Crippen LogP contribution >= 0.6 is 11.8 Å². The molecule has 5 heterocycles. The van der Waals surface area contributed by atoms with Crippen LogP contribution in [0, 0.1) is 111 Å². The molecule has 1 unspecified atom stereocenters. The van der Waals surface area contributed by atoms with Crippen LogP contribution in [-0.2, 0) is 4.79 Å². The molecule has 380 valence electrons. The van der Waals surface area contributed by atoms with Crippen molar-refractivity contribution in [3.63, 3.8) is 0 Å². The Morgan fingerprint density at radius 2 is 0.608 bits per heavy atom. The lowest BCUT2D eigenvalue weighted by Crippen LogP contribution is -2.32. The summed E-state index contributed by atoms with van der Waals surface area (Å²) in [5.41, 5.74) is -14.9. The molecule has 74 heavy (non-hydrogen) atoms. The lowest BCUT2D eigenvalue weighted by atomic mass is 10.0. The highest BCUT2D eigenvalue weighted by Gasteiger charge is 2.35. The van der Waals surface area contributed by atoms with Crippen molar-refractivity contribution in [3.05, 3.63) is 158 Å². The molecule has 7 aromatic rings. The second kappa shape index (κ2) is 18.5. The molecule has 3 aromatic heterocycles. The summed E-state index contributed by atoms with van der Waals surface area (Å²) in [6.07, 6.45) is 2.47. The molecule has 0 spiro atoms. The van der Waals surface area contributed by atoms with Gasteiger partial charge in [0.05, 0.1) is 49.9 Å². The third-order valence-electron chi connectivity index (χ3n) is 11.3. The summed E-state index contributed by atoms with van der Waals surface area (Å²) >= 11 is -0.122. The van der Waals surface area contributed by atoms with Gasteiger partial charge >= 0.3 is 5.97 Å². The largest absolute Gasteiger partial charge is 0.480 e. The van der Waals surface area contributed by atoms with E-state index in [9.17, 15) is 26.7 Å². The number of nitrogens with one attached hydrogen (secondary N) is 2. The van der Waals surface area contributed by atoms with E-state index in [1.807, 2.05) is 0 Å². The molecule has 4 aromatic carbocycles. The zero-order chi connectivity index (χ0) is 53.8. The molecule has 0 radical (unpaired) electrons. The third-order valence-corrected chi connectivity index (χ3v) is 12.5. The Labute approximate surface area is 401 Å². The van der Waals surface area contributed by atoms with E-state index in [-0.39, 0.29) is 11.8 Å². The maximum Gasteiger partial charge on any atom is 0.321 e. The number of aromatic amines is 2. The number of halogens is 19. The van der Waals surface area contributed by atoms with E-state index < -0.39 is 223 Å². The summed E-state index contributed by atoms with van der Waals surface area (Å²) < 4.78 is 294. The number of carboxylic acids is 1. The number of nitrogens with zero attached hydrogens (tertiary/aromatic N) is 2. The Morgan fingerprint density at radius 1 is 0.392 bits per heavy atom. The summed E-state index contributed by atoms with van der Waals surface area (Å²) in [5, 5.41) is 9.13. The minimum absolute atomic E-state index is 0.122. The van der Waals surface area contributed by atoms with Gasteiger partial charge in [0, 0.05) is 50.1 Å². The number of H-pyrrole nitrogens is 2. The predicted molar refractivity (Wildman–Crippen MR) is 226 cm³/mol. The topological polar surface area (TPSA) is 121 Å². The second-order valence-corrected chi connectivity index (χ2v) is 16.6. The number of carbonyl (C=O) groups is 1. The smallest absolute Gasteiger partial charge is 0.321 e. The fourth-order valence-electron chi connectivity index (χ4n) is 7.93. The number of fused-ring (bicyclic) bond motifs is 8. The van der Waals surface area contributed by atoms with Crippen LogP contribution in [0.4, 0.5) is 83.4 Å². The van der Waals surface area contributed by atoms with Crippen LogP contribution in [0.2, 0.25) is 0 Å². The number of nitrogens with two attached hydrogens (primary N) is 1. The molecule has 0 aliphatic carbocycles. The summed E-state index contributed by atoms with van der Waals surface area (Å²) in [7, 11) is 0. The van der Waals surface area contributed by atoms with Gasteiger partial charge in [-0.3, -0.25) is 4.79 Å². The van der Waals surface area contributed by atoms with E-state index >= 15 is 61.5 Å². The van der Waals surface area contributed by atoms with Gasteiger partial charge in [-0.25, -0.2) is 93.4 Å². The lowest BCUT2D eigenvalue weighted by Gasteiger charge is -2.14.